The number of hydrogen-bond donors (Lipinski definition) is 2. The van der Waals surface area contributed by atoms with Crippen LogP contribution in [0.4, 0.5) is 5.69 Å². The van der Waals surface area contributed by atoms with Crippen molar-refractivity contribution >= 4 is 38.9 Å². The molecule has 2 atom stereocenters. The molecule has 2 unspecified atom stereocenters. The summed E-state index contributed by atoms with van der Waals surface area (Å²) in [4.78, 5) is 0. The average molecular weight is 313 g/mol. The van der Waals surface area contributed by atoms with Gasteiger partial charge in [-0.3, -0.25) is 0 Å². The molecule has 4 heteroatoms. The Hall–Kier alpha value is -0.610. The van der Waals surface area contributed by atoms with Gasteiger partial charge in [0.2, 0.25) is 0 Å². The van der Waals surface area contributed by atoms with E-state index < -0.39 is 0 Å². The SMILES string of the molecule is CC1CCC(NC(=S)Nc2ccc(Br)cc2)C1. The molecule has 1 aliphatic carbocycles. The predicted molar refractivity (Wildman–Crippen MR) is 80.3 cm³/mol. The molecule has 2 nitrogen and oxygen atoms in total. The summed E-state index contributed by atoms with van der Waals surface area (Å²) < 4.78 is 1.08. The molecule has 92 valence electrons. The molecule has 0 spiro atoms. The Morgan fingerprint density at radius 2 is 2.00 bits per heavy atom. The van der Waals surface area contributed by atoms with Crippen LogP contribution in [0, 0.1) is 5.92 Å². The monoisotopic (exact) mass is 312 g/mol. The van der Waals surface area contributed by atoms with E-state index in [1.165, 1.54) is 19.3 Å². The largest absolute Gasteiger partial charge is 0.360 e. The van der Waals surface area contributed by atoms with Crippen molar-refractivity contribution in [2.24, 2.45) is 5.92 Å². The van der Waals surface area contributed by atoms with E-state index in [4.69, 9.17) is 12.2 Å². The maximum atomic E-state index is 5.31. The molecule has 0 heterocycles. The topological polar surface area (TPSA) is 24.1 Å². The average Bonchev–Trinajstić information content (AvgIpc) is 2.67. The third-order valence-corrected chi connectivity index (χ3v) is 3.88. The van der Waals surface area contributed by atoms with Crippen LogP contribution < -0.4 is 10.6 Å². The fourth-order valence-corrected chi connectivity index (χ4v) is 2.77. The number of rotatable bonds is 2. The van der Waals surface area contributed by atoms with Crippen LogP contribution in [-0.2, 0) is 0 Å². The number of thiocarbonyl (C=S) groups is 1. The van der Waals surface area contributed by atoms with Gasteiger partial charge in [-0.25, -0.2) is 0 Å². The second-order valence-electron chi connectivity index (χ2n) is 4.72. The highest BCUT2D eigenvalue weighted by Gasteiger charge is 2.21. The van der Waals surface area contributed by atoms with E-state index in [1.54, 1.807) is 0 Å². The van der Waals surface area contributed by atoms with Gasteiger partial charge in [0.05, 0.1) is 0 Å². The molecule has 1 aromatic carbocycles. The summed E-state index contributed by atoms with van der Waals surface area (Å²) in [5.74, 6) is 0.822. The quantitative estimate of drug-likeness (QED) is 0.809. The molecule has 1 fully saturated rings. The molecule has 0 radical (unpaired) electrons. The molecule has 0 bridgehead atoms. The smallest absolute Gasteiger partial charge is 0.170 e. The molecular weight excluding hydrogens is 296 g/mol. The Kier molecular flexibility index (Phi) is 4.40. The van der Waals surface area contributed by atoms with E-state index in [2.05, 4.69) is 33.5 Å². The second kappa shape index (κ2) is 5.83. The van der Waals surface area contributed by atoms with Crippen LogP contribution in [0.5, 0.6) is 0 Å². The Morgan fingerprint density at radius 1 is 1.29 bits per heavy atom. The van der Waals surface area contributed by atoms with Gasteiger partial charge in [0.1, 0.15) is 0 Å². The van der Waals surface area contributed by atoms with E-state index in [1.807, 2.05) is 24.3 Å². The Morgan fingerprint density at radius 3 is 2.59 bits per heavy atom. The van der Waals surface area contributed by atoms with Gasteiger partial charge in [0.15, 0.2) is 5.11 Å². The summed E-state index contributed by atoms with van der Waals surface area (Å²) in [7, 11) is 0. The highest BCUT2D eigenvalue weighted by Crippen LogP contribution is 2.24. The first-order chi connectivity index (χ1) is 8.13. The van der Waals surface area contributed by atoms with E-state index in [0.717, 1.165) is 21.2 Å². The van der Waals surface area contributed by atoms with Crippen molar-refractivity contribution in [3.63, 3.8) is 0 Å². The summed E-state index contributed by atoms with van der Waals surface area (Å²) in [5.41, 5.74) is 1.02. The van der Waals surface area contributed by atoms with E-state index >= 15 is 0 Å². The maximum Gasteiger partial charge on any atom is 0.170 e. The number of benzene rings is 1. The zero-order chi connectivity index (χ0) is 12.3. The number of halogens is 1. The standard InChI is InChI=1S/C13H17BrN2S/c1-9-2-5-12(8-9)16-13(17)15-11-6-3-10(14)4-7-11/h3-4,6-7,9,12H,2,5,8H2,1H3,(H2,15,16,17). The molecule has 17 heavy (non-hydrogen) atoms. The molecule has 1 aliphatic rings. The Bertz CT molecular complexity index is 391. The van der Waals surface area contributed by atoms with Crippen molar-refractivity contribution < 1.29 is 0 Å². The van der Waals surface area contributed by atoms with Gasteiger partial charge in [-0.1, -0.05) is 22.9 Å². The van der Waals surface area contributed by atoms with Gasteiger partial charge < -0.3 is 10.6 Å². The van der Waals surface area contributed by atoms with Crippen molar-refractivity contribution in [1.29, 1.82) is 0 Å². The number of anilines is 1. The van der Waals surface area contributed by atoms with E-state index in [-0.39, 0.29) is 0 Å². The molecule has 1 saturated carbocycles. The van der Waals surface area contributed by atoms with Crippen LogP contribution in [0.15, 0.2) is 28.7 Å². The summed E-state index contributed by atoms with van der Waals surface area (Å²) in [6.45, 7) is 2.30. The Balaban J connectivity index is 1.83. The molecule has 0 aliphatic heterocycles. The van der Waals surface area contributed by atoms with Crippen molar-refractivity contribution in [1.82, 2.24) is 5.32 Å². The lowest BCUT2D eigenvalue weighted by atomic mass is 10.1. The van der Waals surface area contributed by atoms with Crippen LogP contribution in [0.1, 0.15) is 26.2 Å². The number of nitrogens with one attached hydrogen (secondary N) is 2. The Labute approximate surface area is 116 Å². The zero-order valence-electron chi connectivity index (χ0n) is 9.87. The van der Waals surface area contributed by atoms with Gasteiger partial charge >= 0.3 is 0 Å². The first-order valence-electron chi connectivity index (χ1n) is 5.96. The van der Waals surface area contributed by atoms with Gasteiger partial charge in [-0.15, -0.1) is 0 Å². The lowest BCUT2D eigenvalue weighted by Gasteiger charge is -2.16. The van der Waals surface area contributed by atoms with E-state index in [9.17, 15) is 0 Å². The molecular formula is C13H17BrN2S. The van der Waals surface area contributed by atoms with Crippen LogP contribution in [0.2, 0.25) is 0 Å². The molecule has 1 aromatic rings. The van der Waals surface area contributed by atoms with Crippen molar-refractivity contribution in [2.45, 2.75) is 32.2 Å². The first kappa shape index (κ1) is 12.8. The molecule has 0 amide bonds. The number of hydrogen-bond acceptors (Lipinski definition) is 1. The lowest BCUT2D eigenvalue weighted by molar-refractivity contribution is 0.572. The lowest BCUT2D eigenvalue weighted by Crippen LogP contribution is -2.36. The maximum absolute atomic E-state index is 5.31. The molecule has 0 aromatic heterocycles. The van der Waals surface area contributed by atoms with Crippen LogP contribution in [-0.4, -0.2) is 11.2 Å². The van der Waals surface area contributed by atoms with Crippen LogP contribution in [0.3, 0.4) is 0 Å². The van der Waals surface area contributed by atoms with E-state index in [0.29, 0.717) is 6.04 Å². The normalized spacial score (nSPS) is 23.4. The van der Waals surface area contributed by atoms with Crippen molar-refractivity contribution in [3.8, 4) is 0 Å². The summed E-state index contributed by atoms with van der Waals surface area (Å²) in [6, 6.07) is 8.57. The fraction of sp³-hybridized carbons (Fsp3) is 0.462. The minimum Gasteiger partial charge on any atom is -0.360 e. The summed E-state index contributed by atoms with van der Waals surface area (Å²) in [5, 5.41) is 7.32. The molecule has 2 N–H and O–H groups in total. The predicted octanol–water partition coefficient (Wildman–Crippen LogP) is 3.92. The minimum absolute atomic E-state index is 0.542. The minimum atomic E-state index is 0.542. The van der Waals surface area contributed by atoms with Crippen LogP contribution in [0.25, 0.3) is 0 Å². The molecule has 0 saturated heterocycles. The summed E-state index contributed by atoms with van der Waals surface area (Å²) in [6.07, 6.45) is 3.75. The van der Waals surface area contributed by atoms with Gasteiger partial charge in [0.25, 0.3) is 0 Å². The third-order valence-electron chi connectivity index (χ3n) is 3.13. The van der Waals surface area contributed by atoms with Crippen LogP contribution >= 0.6 is 28.1 Å². The fourth-order valence-electron chi connectivity index (χ4n) is 2.22. The third kappa shape index (κ3) is 3.96. The highest BCUT2D eigenvalue weighted by atomic mass is 79.9. The molecule has 2 rings (SSSR count). The van der Waals surface area contributed by atoms with Gasteiger partial charge in [0, 0.05) is 16.2 Å². The highest BCUT2D eigenvalue weighted by molar-refractivity contribution is 9.10. The van der Waals surface area contributed by atoms with Crippen molar-refractivity contribution in [2.75, 3.05) is 5.32 Å². The van der Waals surface area contributed by atoms with Gasteiger partial charge in [-0.05, 0) is 61.7 Å². The second-order valence-corrected chi connectivity index (χ2v) is 6.04. The zero-order valence-corrected chi connectivity index (χ0v) is 12.3. The van der Waals surface area contributed by atoms with Crippen molar-refractivity contribution in [3.05, 3.63) is 28.7 Å². The van der Waals surface area contributed by atoms with Gasteiger partial charge in [-0.2, -0.15) is 0 Å². The summed E-state index contributed by atoms with van der Waals surface area (Å²) >= 11 is 8.72. The first-order valence-corrected chi connectivity index (χ1v) is 7.16.